The molecule has 0 atom stereocenters. The van der Waals surface area contributed by atoms with Gasteiger partial charge in [0, 0.05) is 5.69 Å². The van der Waals surface area contributed by atoms with Crippen molar-refractivity contribution < 1.29 is 4.79 Å². The number of benzene rings is 1. The third kappa shape index (κ3) is 3.20. The number of aromatic nitrogens is 3. The number of halogens is 1. The summed E-state index contributed by atoms with van der Waals surface area (Å²) in [5.74, 6) is -0.206. The second-order valence-corrected chi connectivity index (χ2v) is 4.06. The number of nitrogens with two attached hydrogens (primary N) is 1. The second kappa shape index (κ2) is 5.37. The number of hydrogen-bond acceptors (Lipinski definition) is 5. The summed E-state index contributed by atoms with van der Waals surface area (Å²) in [6.45, 7) is -0.0191. The smallest absolute Gasteiger partial charge is 0.246 e. The average Bonchev–Trinajstić information content (AvgIpc) is 2.77. The summed E-state index contributed by atoms with van der Waals surface area (Å²) in [6, 6.07) is 6.58. The van der Waals surface area contributed by atoms with E-state index in [1.807, 2.05) is 6.07 Å². The van der Waals surface area contributed by atoms with Crippen LogP contribution < -0.4 is 11.1 Å². The first-order valence-corrected chi connectivity index (χ1v) is 5.60. The molecule has 0 bridgehead atoms. The Labute approximate surface area is 113 Å². The molecule has 0 saturated heterocycles. The SMILES string of the molecule is N#Cc1cc(NC(=O)Cn2cnc(N)n2)ccc1Cl. The topological polar surface area (TPSA) is 110 Å². The molecule has 7 nitrogen and oxygen atoms in total. The van der Waals surface area contributed by atoms with Crippen molar-refractivity contribution in [3.05, 3.63) is 35.1 Å². The Morgan fingerprint density at radius 2 is 2.37 bits per heavy atom. The molecule has 0 radical (unpaired) electrons. The quantitative estimate of drug-likeness (QED) is 0.870. The molecule has 0 spiro atoms. The molecule has 0 aliphatic heterocycles. The number of carbonyl (C=O) groups excluding carboxylic acids is 1. The van der Waals surface area contributed by atoms with Crippen molar-refractivity contribution in [3.8, 4) is 6.07 Å². The minimum atomic E-state index is -0.309. The van der Waals surface area contributed by atoms with Crippen LogP contribution in [0.3, 0.4) is 0 Å². The van der Waals surface area contributed by atoms with Gasteiger partial charge in [0.05, 0.1) is 10.6 Å². The second-order valence-electron chi connectivity index (χ2n) is 3.65. The molecule has 96 valence electrons. The molecule has 1 amide bonds. The number of nitrogens with zero attached hydrogens (tertiary/aromatic N) is 4. The van der Waals surface area contributed by atoms with Gasteiger partial charge in [-0.3, -0.25) is 4.79 Å². The Hall–Kier alpha value is -2.59. The molecule has 0 saturated carbocycles. The number of rotatable bonds is 3. The summed E-state index contributed by atoms with van der Waals surface area (Å²) >= 11 is 5.79. The van der Waals surface area contributed by atoms with Gasteiger partial charge in [-0.25, -0.2) is 9.67 Å². The number of nitriles is 1. The zero-order valence-corrected chi connectivity index (χ0v) is 10.4. The molecule has 2 aromatic rings. The van der Waals surface area contributed by atoms with E-state index in [2.05, 4.69) is 15.4 Å². The number of hydrogen-bond donors (Lipinski definition) is 2. The fourth-order valence-electron chi connectivity index (χ4n) is 1.42. The fourth-order valence-corrected chi connectivity index (χ4v) is 1.58. The summed E-state index contributed by atoms with van der Waals surface area (Å²) in [5, 5.41) is 15.6. The van der Waals surface area contributed by atoms with Crippen LogP contribution in [0.1, 0.15) is 5.56 Å². The van der Waals surface area contributed by atoms with Gasteiger partial charge in [-0.05, 0) is 18.2 Å². The van der Waals surface area contributed by atoms with Crippen molar-refractivity contribution in [1.29, 1.82) is 5.26 Å². The first-order chi connectivity index (χ1) is 9.08. The van der Waals surface area contributed by atoms with Crippen molar-refractivity contribution in [1.82, 2.24) is 14.8 Å². The normalized spacial score (nSPS) is 9.89. The summed E-state index contributed by atoms with van der Waals surface area (Å²) < 4.78 is 1.31. The Bertz CT molecular complexity index is 659. The average molecular weight is 277 g/mol. The summed E-state index contributed by atoms with van der Waals surface area (Å²) in [6.07, 6.45) is 1.36. The lowest BCUT2D eigenvalue weighted by molar-refractivity contribution is -0.116. The fraction of sp³-hybridized carbons (Fsp3) is 0.0909. The Morgan fingerprint density at radius 3 is 3.00 bits per heavy atom. The van der Waals surface area contributed by atoms with Crippen LogP contribution in [0.25, 0.3) is 0 Å². The highest BCUT2D eigenvalue weighted by Crippen LogP contribution is 2.19. The molecular weight excluding hydrogens is 268 g/mol. The van der Waals surface area contributed by atoms with Crippen molar-refractivity contribution in [2.24, 2.45) is 0 Å². The third-order valence-corrected chi connectivity index (χ3v) is 2.56. The number of nitrogens with one attached hydrogen (secondary N) is 1. The zero-order valence-electron chi connectivity index (χ0n) is 9.67. The number of anilines is 2. The van der Waals surface area contributed by atoms with Gasteiger partial charge >= 0.3 is 0 Å². The molecule has 3 N–H and O–H groups in total. The largest absolute Gasteiger partial charge is 0.367 e. The van der Waals surface area contributed by atoms with Gasteiger partial charge in [-0.1, -0.05) is 11.6 Å². The highest BCUT2D eigenvalue weighted by Gasteiger charge is 2.07. The molecule has 0 aliphatic carbocycles. The molecule has 8 heteroatoms. The number of carbonyl (C=O) groups is 1. The van der Waals surface area contributed by atoms with Gasteiger partial charge < -0.3 is 11.1 Å². The molecule has 1 heterocycles. The predicted molar refractivity (Wildman–Crippen MR) is 69.2 cm³/mol. The Kier molecular flexibility index (Phi) is 3.63. The summed E-state index contributed by atoms with van der Waals surface area (Å²) in [4.78, 5) is 15.4. The summed E-state index contributed by atoms with van der Waals surface area (Å²) in [5.41, 5.74) is 6.12. The van der Waals surface area contributed by atoms with E-state index in [1.165, 1.54) is 17.1 Å². The minimum Gasteiger partial charge on any atom is -0.367 e. The zero-order chi connectivity index (χ0) is 13.8. The standard InChI is InChI=1S/C11H9ClN6O/c12-9-2-1-8(3-7(9)4-13)16-10(19)5-18-6-15-11(14)17-18/h1-3,6H,5H2,(H2,14,17)(H,16,19). The molecule has 2 rings (SSSR count). The highest BCUT2D eigenvalue weighted by atomic mass is 35.5. The van der Waals surface area contributed by atoms with Gasteiger partial charge in [0.15, 0.2) is 0 Å². The monoisotopic (exact) mass is 276 g/mol. The van der Waals surface area contributed by atoms with E-state index in [-0.39, 0.29) is 18.4 Å². The first-order valence-electron chi connectivity index (χ1n) is 5.23. The van der Waals surface area contributed by atoms with Gasteiger partial charge in [0.1, 0.15) is 18.9 Å². The maximum absolute atomic E-state index is 11.7. The summed E-state index contributed by atoms with van der Waals surface area (Å²) in [7, 11) is 0. The van der Waals surface area contributed by atoms with Crippen molar-refractivity contribution >= 4 is 29.1 Å². The molecular formula is C11H9ClN6O. The lowest BCUT2D eigenvalue weighted by atomic mass is 10.2. The Balaban J connectivity index is 2.05. The molecule has 19 heavy (non-hydrogen) atoms. The highest BCUT2D eigenvalue weighted by molar-refractivity contribution is 6.31. The van der Waals surface area contributed by atoms with Gasteiger partial charge in [0.2, 0.25) is 11.9 Å². The van der Waals surface area contributed by atoms with Crippen LogP contribution >= 0.6 is 11.6 Å². The molecule has 1 aromatic carbocycles. The van der Waals surface area contributed by atoms with E-state index in [1.54, 1.807) is 12.1 Å². The van der Waals surface area contributed by atoms with Gasteiger partial charge in [-0.15, -0.1) is 5.10 Å². The van der Waals surface area contributed by atoms with E-state index in [0.29, 0.717) is 16.3 Å². The van der Waals surface area contributed by atoms with Crippen molar-refractivity contribution in [2.75, 3.05) is 11.1 Å². The molecule has 0 aliphatic rings. The van der Waals surface area contributed by atoms with Crippen LogP contribution in [-0.4, -0.2) is 20.7 Å². The molecule has 0 unspecified atom stereocenters. The maximum Gasteiger partial charge on any atom is 0.246 e. The maximum atomic E-state index is 11.7. The number of amides is 1. The van der Waals surface area contributed by atoms with Crippen molar-refractivity contribution in [2.45, 2.75) is 6.54 Å². The predicted octanol–water partition coefficient (Wildman–Crippen LogP) is 1.02. The van der Waals surface area contributed by atoms with Crippen LogP contribution in [-0.2, 0) is 11.3 Å². The van der Waals surface area contributed by atoms with Crippen LogP contribution in [0, 0.1) is 11.3 Å². The van der Waals surface area contributed by atoms with Crippen molar-refractivity contribution in [3.63, 3.8) is 0 Å². The Morgan fingerprint density at radius 1 is 1.58 bits per heavy atom. The van der Waals surface area contributed by atoms with Gasteiger partial charge in [0.25, 0.3) is 0 Å². The van der Waals surface area contributed by atoms with Crippen LogP contribution in [0.15, 0.2) is 24.5 Å². The lowest BCUT2D eigenvalue weighted by Crippen LogP contribution is -2.19. The van der Waals surface area contributed by atoms with E-state index < -0.39 is 0 Å². The minimum absolute atomic E-state index is 0.0191. The third-order valence-electron chi connectivity index (χ3n) is 2.23. The van der Waals surface area contributed by atoms with Crippen LogP contribution in [0.4, 0.5) is 11.6 Å². The van der Waals surface area contributed by atoms with E-state index in [4.69, 9.17) is 22.6 Å². The van der Waals surface area contributed by atoms with E-state index in [9.17, 15) is 4.79 Å². The first kappa shape index (κ1) is 12.9. The van der Waals surface area contributed by atoms with Crippen LogP contribution in [0.2, 0.25) is 5.02 Å². The van der Waals surface area contributed by atoms with Crippen LogP contribution in [0.5, 0.6) is 0 Å². The lowest BCUT2D eigenvalue weighted by Gasteiger charge is -2.05. The van der Waals surface area contributed by atoms with E-state index in [0.717, 1.165) is 0 Å². The molecule has 0 fully saturated rings. The van der Waals surface area contributed by atoms with Gasteiger partial charge in [-0.2, -0.15) is 5.26 Å². The number of nitrogen functional groups attached to an aromatic ring is 1. The molecule has 1 aromatic heterocycles. The van der Waals surface area contributed by atoms with E-state index >= 15 is 0 Å².